The summed E-state index contributed by atoms with van der Waals surface area (Å²) in [7, 11) is 3.83. The number of aldehydes is 1. The average Bonchev–Trinajstić information content (AvgIpc) is 2.96. The van der Waals surface area contributed by atoms with Gasteiger partial charge in [-0.15, -0.1) is 6.58 Å². The van der Waals surface area contributed by atoms with Gasteiger partial charge >= 0.3 is 0 Å². The topological polar surface area (TPSA) is 42.4 Å². The van der Waals surface area contributed by atoms with Gasteiger partial charge in [0.2, 0.25) is 5.88 Å². The number of rotatable bonds is 6. The molecule has 0 aliphatic heterocycles. The Hall–Kier alpha value is -1.68. The van der Waals surface area contributed by atoms with E-state index in [0.717, 1.165) is 18.6 Å². The number of aromatic nitrogens is 1. The molecule has 0 aromatic carbocycles. The molecular formula is C19H30N2O2. The molecule has 1 aromatic rings. The zero-order valence-electron chi connectivity index (χ0n) is 14.8. The summed E-state index contributed by atoms with van der Waals surface area (Å²) in [4.78, 5) is 16.4. The van der Waals surface area contributed by atoms with Crippen LogP contribution in [0.5, 0.6) is 5.88 Å². The fraction of sp³-hybridized carbons (Fsp3) is 0.579. The first-order chi connectivity index (χ1) is 11.0. The van der Waals surface area contributed by atoms with Crippen molar-refractivity contribution in [3.63, 3.8) is 0 Å². The lowest BCUT2D eigenvalue weighted by Crippen LogP contribution is -2.33. The molecule has 0 radical (unpaired) electrons. The van der Waals surface area contributed by atoms with Gasteiger partial charge in [-0.2, -0.15) is 0 Å². The third-order valence-electron chi connectivity index (χ3n) is 4.14. The number of hydrogen-bond donors (Lipinski definition) is 0. The molecule has 4 heteroatoms. The molecule has 1 saturated carbocycles. The van der Waals surface area contributed by atoms with Crippen molar-refractivity contribution in [2.24, 2.45) is 11.8 Å². The molecule has 2 rings (SSSR count). The van der Waals surface area contributed by atoms with Gasteiger partial charge in [-0.1, -0.05) is 26.0 Å². The largest absolute Gasteiger partial charge is 0.474 e. The highest BCUT2D eigenvalue weighted by molar-refractivity contribution is 5.57. The molecule has 4 nitrogen and oxygen atoms in total. The van der Waals surface area contributed by atoms with E-state index in [2.05, 4.69) is 11.6 Å². The highest BCUT2D eigenvalue weighted by atomic mass is 16.5. The minimum absolute atomic E-state index is 0.0741. The van der Waals surface area contributed by atoms with Crippen LogP contribution < -0.4 is 4.74 Å². The van der Waals surface area contributed by atoms with Crippen molar-refractivity contribution in [3.8, 4) is 5.88 Å². The van der Waals surface area contributed by atoms with E-state index in [0.29, 0.717) is 11.8 Å². The molecule has 1 aliphatic rings. The molecule has 1 fully saturated rings. The summed E-state index contributed by atoms with van der Waals surface area (Å²) >= 11 is 0. The SMILES string of the molecule is C=CC1CCCC1Oc1ccccn1.CC(C)C(C=O)N(C)C. The van der Waals surface area contributed by atoms with Crippen LogP contribution in [0.1, 0.15) is 33.1 Å². The Morgan fingerprint density at radius 3 is 2.52 bits per heavy atom. The zero-order valence-corrected chi connectivity index (χ0v) is 14.8. The fourth-order valence-corrected chi connectivity index (χ4v) is 2.82. The quantitative estimate of drug-likeness (QED) is 0.594. The number of ether oxygens (including phenoxy) is 1. The highest BCUT2D eigenvalue weighted by Crippen LogP contribution is 2.29. The Morgan fingerprint density at radius 1 is 1.35 bits per heavy atom. The van der Waals surface area contributed by atoms with E-state index < -0.39 is 0 Å². The van der Waals surface area contributed by atoms with Gasteiger partial charge in [0.25, 0.3) is 0 Å². The van der Waals surface area contributed by atoms with E-state index in [9.17, 15) is 4.79 Å². The van der Waals surface area contributed by atoms with Gasteiger partial charge in [-0.3, -0.25) is 4.90 Å². The third-order valence-corrected chi connectivity index (χ3v) is 4.14. The van der Waals surface area contributed by atoms with Gasteiger partial charge in [0, 0.05) is 18.2 Å². The molecule has 128 valence electrons. The van der Waals surface area contributed by atoms with Crippen LogP contribution in [-0.2, 0) is 4.79 Å². The maximum absolute atomic E-state index is 10.3. The maximum atomic E-state index is 10.3. The minimum atomic E-state index is 0.0741. The summed E-state index contributed by atoms with van der Waals surface area (Å²) in [6, 6.07) is 5.82. The molecule has 1 aromatic heterocycles. The van der Waals surface area contributed by atoms with Crippen molar-refractivity contribution in [2.75, 3.05) is 14.1 Å². The second-order valence-corrected chi connectivity index (χ2v) is 6.49. The number of nitrogens with zero attached hydrogens (tertiary/aromatic N) is 2. The van der Waals surface area contributed by atoms with Crippen molar-refractivity contribution < 1.29 is 9.53 Å². The molecule has 0 spiro atoms. The maximum Gasteiger partial charge on any atom is 0.213 e. The van der Waals surface area contributed by atoms with Gasteiger partial charge in [0.1, 0.15) is 12.4 Å². The van der Waals surface area contributed by atoms with Gasteiger partial charge in [0.05, 0.1) is 6.04 Å². The van der Waals surface area contributed by atoms with Crippen LogP contribution in [0.15, 0.2) is 37.1 Å². The average molecular weight is 318 g/mol. The van der Waals surface area contributed by atoms with Crippen LogP contribution in [0, 0.1) is 11.8 Å². The standard InChI is InChI=1S/C12H15NO.C7H15NO/c1-2-10-6-5-7-11(10)14-12-8-3-4-9-13-12;1-6(2)7(5-9)8(3)4/h2-4,8-11H,1,5-7H2;5-7H,1-4H3. The van der Waals surface area contributed by atoms with Crippen LogP contribution in [0.25, 0.3) is 0 Å². The fourth-order valence-electron chi connectivity index (χ4n) is 2.82. The second kappa shape index (κ2) is 10.2. The molecule has 0 N–H and O–H groups in total. The molecule has 0 amide bonds. The summed E-state index contributed by atoms with van der Waals surface area (Å²) in [5.74, 6) is 1.64. The molecule has 3 atom stereocenters. The molecular weight excluding hydrogens is 288 g/mol. The predicted molar refractivity (Wildman–Crippen MR) is 94.6 cm³/mol. The molecule has 3 unspecified atom stereocenters. The number of hydrogen-bond acceptors (Lipinski definition) is 4. The van der Waals surface area contributed by atoms with Crippen LogP contribution >= 0.6 is 0 Å². The van der Waals surface area contributed by atoms with Crippen LogP contribution in [0.3, 0.4) is 0 Å². The third kappa shape index (κ3) is 6.53. The summed E-state index contributed by atoms with van der Waals surface area (Å²) in [6.45, 7) is 7.92. The molecule has 0 bridgehead atoms. The Morgan fingerprint density at radius 2 is 2.09 bits per heavy atom. The van der Waals surface area contributed by atoms with Crippen LogP contribution in [0.4, 0.5) is 0 Å². The van der Waals surface area contributed by atoms with E-state index >= 15 is 0 Å². The zero-order chi connectivity index (χ0) is 17.2. The first-order valence-corrected chi connectivity index (χ1v) is 8.31. The van der Waals surface area contributed by atoms with E-state index in [1.165, 1.54) is 12.8 Å². The van der Waals surface area contributed by atoms with Crippen molar-refractivity contribution in [1.82, 2.24) is 9.88 Å². The first-order valence-electron chi connectivity index (χ1n) is 8.31. The summed E-state index contributed by atoms with van der Waals surface area (Å²) in [5.41, 5.74) is 0. The normalized spacial score (nSPS) is 21.5. The Kier molecular flexibility index (Phi) is 8.56. The summed E-state index contributed by atoms with van der Waals surface area (Å²) < 4.78 is 5.80. The minimum Gasteiger partial charge on any atom is -0.474 e. The second-order valence-electron chi connectivity index (χ2n) is 6.49. The first kappa shape index (κ1) is 19.4. The van der Waals surface area contributed by atoms with Crippen LogP contribution in [0.2, 0.25) is 0 Å². The van der Waals surface area contributed by atoms with Crippen LogP contribution in [-0.4, -0.2) is 42.4 Å². The Bertz CT molecular complexity index is 452. The number of pyridine rings is 1. The molecule has 23 heavy (non-hydrogen) atoms. The lowest BCUT2D eigenvalue weighted by Gasteiger charge is -2.21. The molecule has 1 heterocycles. The number of carbonyl (C=O) groups is 1. The summed E-state index contributed by atoms with van der Waals surface area (Å²) in [6.07, 6.45) is 8.57. The highest BCUT2D eigenvalue weighted by Gasteiger charge is 2.26. The smallest absolute Gasteiger partial charge is 0.213 e. The Labute approximate surface area is 140 Å². The predicted octanol–water partition coefficient (Wildman–Crippen LogP) is 3.59. The van der Waals surface area contributed by atoms with Gasteiger partial charge < -0.3 is 9.53 Å². The lowest BCUT2D eigenvalue weighted by atomic mass is 10.1. The molecule has 0 saturated heterocycles. The van der Waals surface area contributed by atoms with Gasteiger partial charge in [-0.05, 0) is 45.3 Å². The lowest BCUT2D eigenvalue weighted by molar-refractivity contribution is -0.112. The molecule has 1 aliphatic carbocycles. The van der Waals surface area contributed by atoms with Gasteiger partial charge in [0.15, 0.2) is 0 Å². The van der Waals surface area contributed by atoms with Gasteiger partial charge in [-0.25, -0.2) is 4.98 Å². The van der Waals surface area contributed by atoms with Crippen molar-refractivity contribution in [2.45, 2.75) is 45.3 Å². The van der Waals surface area contributed by atoms with E-state index in [1.807, 2.05) is 57.1 Å². The van der Waals surface area contributed by atoms with Crippen molar-refractivity contribution in [3.05, 3.63) is 37.1 Å². The van der Waals surface area contributed by atoms with Crippen molar-refractivity contribution >= 4 is 6.29 Å². The number of carbonyl (C=O) groups excluding carboxylic acids is 1. The van der Waals surface area contributed by atoms with E-state index in [1.54, 1.807) is 6.20 Å². The van der Waals surface area contributed by atoms with Crippen molar-refractivity contribution in [1.29, 1.82) is 0 Å². The monoisotopic (exact) mass is 318 g/mol. The van der Waals surface area contributed by atoms with E-state index in [4.69, 9.17) is 4.74 Å². The summed E-state index contributed by atoms with van der Waals surface area (Å²) in [5, 5.41) is 0. The number of likely N-dealkylation sites (N-methyl/N-ethyl adjacent to an activating group) is 1. The Balaban J connectivity index is 0.000000257. The van der Waals surface area contributed by atoms with E-state index in [-0.39, 0.29) is 12.1 Å².